The maximum absolute atomic E-state index is 6.90. The van der Waals surface area contributed by atoms with Crippen LogP contribution in [0, 0.1) is 5.41 Å². The minimum atomic E-state index is -1.64. The minimum absolute atomic E-state index is 0.326. The SMILES string of the molecule is CCCC1(C(CCCI)O[Si](C)(C)C(C)(C)C)CCC1. The van der Waals surface area contributed by atoms with E-state index in [0.29, 0.717) is 16.6 Å². The van der Waals surface area contributed by atoms with Gasteiger partial charge in [0.25, 0.3) is 0 Å². The lowest BCUT2D eigenvalue weighted by Gasteiger charge is -2.52. The Kier molecular flexibility index (Phi) is 7.06. The van der Waals surface area contributed by atoms with Crippen molar-refractivity contribution in [2.75, 3.05) is 4.43 Å². The Balaban J connectivity index is 2.84. The molecule has 0 aromatic rings. The van der Waals surface area contributed by atoms with Crippen LogP contribution in [0.4, 0.5) is 0 Å². The van der Waals surface area contributed by atoms with Crippen molar-refractivity contribution in [1.29, 1.82) is 0 Å². The Morgan fingerprint density at radius 2 is 1.85 bits per heavy atom. The Hall–Kier alpha value is 0.907. The molecule has 0 aromatic carbocycles. The second kappa shape index (κ2) is 7.45. The summed E-state index contributed by atoms with van der Waals surface area (Å²) in [5.41, 5.74) is 0.524. The highest BCUT2D eigenvalue weighted by molar-refractivity contribution is 14.1. The van der Waals surface area contributed by atoms with Crippen LogP contribution in [-0.2, 0) is 4.43 Å². The fourth-order valence-corrected chi connectivity index (χ4v) is 5.02. The predicted octanol–water partition coefficient (Wildman–Crippen LogP) is 6.56. The number of hydrogen-bond acceptors (Lipinski definition) is 1. The van der Waals surface area contributed by atoms with Gasteiger partial charge in [-0.3, -0.25) is 0 Å². The average Bonchev–Trinajstić information content (AvgIpc) is 2.27. The molecule has 0 heterocycles. The molecule has 0 spiro atoms. The van der Waals surface area contributed by atoms with Crippen molar-refractivity contribution in [3.8, 4) is 0 Å². The van der Waals surface area contributed by atoms with Crippen LogP contribution >= 0.6 is 22.6 Å². The van der Waals surface area contributed by atoms with Crippen LogP contribution in [-0.4, -0.2) is 18.8 Å². The van der Waals surface area contributed by atoms with E-state index in [4.69, 9.17) is 4.43 Å². The molecule has 120 valence electrons. The second-order valence-electron chi connectivity index (χ2n) is 8.16. The molecule has 0 amide bonds. The van der Waals surface area contributed by atoms with Gasteiger partial charge < -0.3 is 4.43 Å². The minimum Gasteiger partial charge on any atom is -0.413 e. The summed E-state index contributed by atoms with van der Waals surface area (Å²) in [5, 5.41) is 0.326. The summed E-state index contributed by atoms with van der Waals surface area (Å²) < 4.78 is 8.16. The van der Waals surface area contributed by atoms with Crippen LogP contribution in [0.1, 0.15) is 72.6 Å². The van der Waals surface area contributed by atoms with E-state index in [-0.39, 0.29) is 0 Å². The largest absolute Gasteiger partial charge is 0.413 e. The van der Waals surface area contributed by atoms with Crippen molar-refractivity contribution in [2.45, 2.75) is 96.9 Å². The molecular weight excluding hydrogens is 375 g/mol. The van der Waals surface area contributed by atoms with Crippen LogP contribution in [0.2, 0.25) is 18.1 Å². The van der Waals surface area contributed by atoms with Gasteiger partial charge in [0.1, 0.15) is 0 Å². The lowest BCUT2D eigenvalue weighted by Crippen LogP contribution is -2.51. The van der Waals surface area contributed by atoms with E-state index in [1.807, 2.05) is 0 Å². The van der Waals surface area contributed by atoms with E-state index >= 15 is 0 Å². The summed E-state index contributed by atoms with van der Waals surface area (Å²) in [5.74, 6) is 0. The smallest absolute Gasteiger partial charge is 0.192 e. The van der Waals surface area contributed by atoms with E-state index in [0.717, 1.165) is 0 Å². The molecule has 20 heavy (non-hydrogen) atoms. The van der Waals surface area contributed by atoms with Gasteiger partial charge in [0, 0.05) is 0 Å². The molecule has 1 fully saturated rings. The highest BCUT2D eigenvalue weighted by Crippen LogP contribution is 2.52. The van der Waals surface area contributed by atoms with Crippen LogP contribution in [0.15, 0.2) is 0 Å². The second-order valence-corrected chi connectivity index (χ2v) is 14.0. The molecule has 0 radical (unpaired) electrons. The van der Waals surface area contributed by atoms with Crippen molar-refractivity contribution in [2.24, 2.45) is 5.41 Å². The highest BCUT2D eigenvalue weighted by Gasteiger charge is 2.48. The average molecular weight is 410 g/mol. The molecule has 0 bridgehead atoms. The zero-order valence-electron chi connectivity index (χ0n) is 14.5. The van der Waals surface area contributed by atoms with Crippen molar-refractivity contribution in [1.82, 2.24) is 0 Å². The number of rotatable bonds is 8. The fraction of sp³-hybridized carbons (Fsp3) is 1.00. The van der Waals surface area contributed by atoms with Gasteiger partial charge >= 0.3 is 0 Å². The molecule has 3 heteroatoms. The topological polar surface area (TPSA) is 9.23 Å². The molecule has 1 nitrogen and oxygen atoms in total. The van der Waals surface area contributed by atoms with Crippen LogP contribution in [0.3, 0.4) is 0 Å². The normalized spacial score (nSPS) is 20.6. The fourth-order valence-electron chi connectivity index (χ4n) is 3.15. The summed E-state index contributed by atoms with van der Waals surface area (Å²) >= 11 is 2.51. The Labute approximate surface area is 141 Å². The van der Waals surface area contributed by atoms with Gasteiger partial charge in [-0.05, 0) is 60.1 Å². The van der Waals surface area contributed by atoms with Gasteiger partial charge in [0.05, 0.1) is 6.10 Å². The maximum atomic E-state index is 6.90. The molecule has 0 aromatic heterocycles. The summed E-state index contributed by atoms with van der Waals surface area (Å²) in [7, 11) is -1.64. The zero-order valence-corrected chi connectivity index (χ0v) is 17.7. The monoisotopic (exact) mass is 410 g/mol. The van der Waals surface area contributed by atoms with Crippen LogP contribution < -0.4 is 0 Å². The van der Waals surface area contributed by atoms with Gasteiger partial charge in [0.2, 0.25) is 0 Å². The maximum Gasteiger partial charge on any atom is 0.192 e. The lowest BCUT2D eigenvalue weighted by atomic mass is 9.62. The van der Waals surface area contributed by atoms with Crippen molar-refractivity contribution < 1.29 is 4.43 Å². The molecule has 1 saturated carbocycles. The van der Waals surface area contributed by atoms with Gasteiger partial charge in [-0.15, -0.1) is 0 Å². The first-order chi connectivity index (χ1) is 9.18. The molecule has 1 atom stereocenters. The van der Waals surface area contributed by atoms with E-state index in [1.54, 1.807) is 0 Å². The summed E-state index contributed by atoms with van der Waals surface area (Å²) in [4.78, 5) is 0. The van der Waals surface area contributed by atoms with E-state index in [1.165, 1.54) is 49.4 Å². The van der Waals surface area contributed by atoms with Crippen molar-refractivity contribution >= 4 is 30.9 Å². The number of hydrogen-bond donors (Lipinski definition) is 0. The van der Waals surface area contributed by atoms with Gasteiger partial charge in [-0.2, -0.15) is 0 Å². The van der Waals surface area contributed by atoms with Crippen molar-refractivity contribution in [3.63, 3.8) is 0 Å². The standard InChI is InChI=1S/C17H35IOSi/c1-7-11-17(12-9-13-17)15(10-8-14-18)19-20(5,6)16(2,3)4/h15H,7-14H2,1-6H3. The molecule has 0 N–H and O–H groups in total. The van der Waals surface area contributed by atoms with Gasteiger partial charge in [-0.25, -0.2) is 0 Å². The molecule has 1 unspecified atom stereocenters. The number of halogens is 1. The lowest BCUT2D eigenvalue weighted by molar-refractivity contribution is -0.0376. The highest BCUT2D eigenvalue weighted by atomic mass is 127. The first-order valence-electron chi connectivity index (χ1n) is 8.42. The molecule has 1 aliphatic carbocycles. The van der Waals surface area contributed by atoms with E-state index < -0.39 is 8.32 Å². The third kappa shape index (κ3) is 4.45. The van der Waals surface area contributed by atoms with E-state index in [2.05, 4.69) is 63.4 Å². The summed E-state index contributed by atoms with van der Waals surface area (Å²) in [6.45, 7) is 14.3. The first kappa shape index (κ1) is 19.0. The van der Waals surface area contributed by atoms with Crippen LogP contribution in [0.25, 0.3) is 0 Å². The third-order valence-electron chi connectivity index (χ3n) is 5.62. The molecule has 1 rings (SSSR count). The Morgan fingerprint density at radius 1 is 1.25 bits per heavy atom. The van der Waals surface area contributed by atoms with Gasteiger partial charge in [0.15, 0.2) is 8.32 Å². The quantitative estimate of drug-likeness (QED) is 0.250. The Morgan fingerprint density at radius 3 is 2.20 bits per heavy atom. The molecule has 0 saturated heterocycles. The predicted molar refractivity (Wildman–Crippen MR) is 101 cm³/mol. The van der Waals surface area contributed by atoms with E-state index in [9.17, 15) is 0 Å². The van der Waals surface area contributed by atoms with Crippen molar-refractivity contribution in [3.05, 3.63) is 0 Å². The first-order valence-corrected chi connectivity index (χ1v) is 12.9. The zero-order chi connectivity index (χ0) is 15.4. The van der Waals surface area contributed by atoms with Crippen LogP contribution in [0.5, 0.6) is 0 Å². The third-order valence-corrected chi connectivity index (χ3v) is 10.9. The molecule has 0 aliphatic heterocycles. The number of alkyl halides is 1. The molecular formula is C17H35IOSi. The Bertz CT molecular complexity index is 292. The molecule has 1 aliphatic rings. The summed E-state index contributed by atoms with van der Waals surface area (Å²) in [6.07, 6.45) is 10.0. The van der Waals surface area contributed by atoms with Gasteiger partial charge in [-0.1, -0.05) is 63.1 Å². The summed E-state index contributed by atoms with van der Waals surface area (Å²) in [6, 6.07) is 0.